The van der Waals surface area contributed by atoms with Crippen molar-refractivity contribution in [3.63, 3.8) is 0 Å². The minimum Gasteiger partial charge on any atom is -0.493 e. The second-order valence-electron chi connectivity index (χ2n) is 4.05. The number of nitrogens with one attached hydrogen (secondary N) is 1. The predicted molar refractivity (Wildman–Crippen MR) is 75.8 cm³/mol. The molecular formula is C11H17NO7S2. The Bertz CT molecular complexity index is 683. The standard InChI is InChI=1S/C11H17NO7S2/c1-18-10-5-4-9(8-11(10)19-2)21(16,17)12-6-3-7-20(13,14)15/h4-5,8,12H,3,6-7H2,1-2H3,(H,13,14,15). The molecule has 0 heterocycles. The topological polar surface area (TPSA) is 119 Å². The Hall–Kier alpha value is -1.36. The van der Waals surface area contributed by atoms with Crippen molar-refractivity contribution >= 4 is 20.1 Å². The summed E-state index contributed by atoms with van der Waals surface area (Å²) in [5, 5.41) is 0. The number of sulfonamides is 1. The second-order valence-corrected chi connectivity index (χ2v) is 7.39. The van der Waals surface area contributed by atoms with Crippen molar-refractivity contribution < 1.29 is 30.9 Å². The maximum atomic E-state index is 12.0. The van der Waals surface area contributed by atoms with Crippen LogP contribution in [0.15, 0.2) is 23.1 Å². The number of hydrogen-bond donors (Lipinski definition) is 2. The van der Waals surface area contributed by atoms with Crippen molar-refractivity contribution in [2.24, 2.45) is 0 Å². The monoisotopic (exact) mass is 339 g/mol. The fourth-order valence-electron chi connectivity index (χ4n) is 1.53. The van der Waals surface area contributed by atoms with Crippen LogP contribution in [0.3, 0.4) is 0 Å². The molecular weight excluding hydrogens is 322 g/mol. The Balaban J connectivity index is 2.79. The Labute approximate surface area is 123 Å². The van der Waals surface area contributed by atoms with Gasteiger partial charge in [0.25, 0.3) is 10.1 Å². The van der Waals surface area contributed by atoms with Gasteiger partial charge in [-0.05, 0) is 18.6 Å². The van der Waals surface area contributed by atoms with Crippen LogP contribution in [0.4, 0.5) is 0 Å². The molecule has 0 amide bonds. The molecule has 0 aliphatic carbocycles. The van der Waals surface area contributed by atoms with Crippen LogP contribution in [0, 0.1) is 0 Å². The van der Waals surface area contributed by atoms with Gasteiger partial charge in [0.2, 0.25) is 10.0 Å². The number of benzene rings is 1. The summed E-state index contributed by atoms with van der Waals surface area (Å²) in [5.74, 6) is 0.141. The molecule has 1 aromatic carbocycles. The molecule has 0 spiro atoms. The molecule has 1 rings (SSSR count). The maximum absolute atomic E-state index is 12.0. The van der Waals surface area contributed by atoms with Gasteiger partial charge in [0.15, 0.2) is 11.5 Å². The molecule has 0 saturated heterocycles. The van der Waals surface area contributed by atoms with Crippen molar-refractivity contribution in [2.75, 3.05) is 26.5 Å². The molecule has 8 nitrogen and oxygen atoms in total. The molecule has 10 heteroatoms. The molecule has 0 aliphatic rings. The third kappa shape index (κ3) is 5.50. The van der Waals surface area contributed by atoms with Gasteiger partial charge in [-0.3, -0.25) is 4.55 Å². The number of methoxy groups -OCH3 is 2. The molecule has 0 unspecified atom stereocenters. The zero-order chi connectivity index (χ0) is 16.1. The predicted octanol–water partition coefficient (Wildman–Crippen LogP) is 0.260. The number of ether oxygens (including phenoxy) is 2. The van der Waals surface area contributed by atoms with E-state index in [9.17, 15) is 16.8 Å². The third-order valence-corrected chi connectivity index (χ3v) is 4.80. The maximum Gasteiger partial charge on any atom is 0.264 e. The van der Waals surface area contributed by atoms with E-state index in [0.717, 1.165) is 0 Å². The van der Waals surface area contributed by atoms with Gasteiger partial charge in [-0.2, -0.15) is 8.42 Å². The van der Waals surface area contributed by atoms with Gasteiger partial charge < -0.3 is 9.47 Å². The van der Waals surface area contributed by atoms with E-state index in [1.165, 1.54) is 32.4 Å². The van der Waals surface area contributed by atoms with Crippen LogP contribution in [0.5, 0.6) is 11.5 Å². The number of rotatable bonds is 8. The normalized spacial score (nSPS) is 12.1. The first-order valence-electron chi connectivity index (χ1n) is 5.86. The van der Waals surface area contributed by atoms with Gasteiger partial charge in [0.1, 0.15) is 0 Å². The van der Waals surface area contributed by atoms with Gasteiger partial charge in [0, 0.05) is 12.6 Å². The van der Waals surface area contributed by atoms with Crippen LogP contribution in [0.1, 0.15) is 6.42 Å². The summed E-state index contributed by atoms with van der Waals surface area (Å²) in [6, 6.07) is 4.09. The first-order chi connectivity index (χ1) is 9.69. The van der Waals surface area contributed by atoms with Crippen LogP contribution in [-0.2, 0) is 20.1 Å². The highest BCUT2D eigenvalue weighted by molar-refractivity contribution is 7.89. The summed E-state index contributed by atoms with van der Waals surface area (Å²) in [7, 11) is -5.08. The van der Waals surface area contributed by atoms with Gasteiger partial charge in [-0.25, -0.2) is 13.1 Å². The van der Waals surface area contributed by atoms with Crippen molar-refractivity contribution in [1.82, 2.24) is 4.72 Å². The van der Waals surface area contributed by atoms with Crippen LogP contribution in [0.2, 0.25) is 0 Å². The molecule has 0 atom stereocenters. The molecule has 2 N–H and O–H groups in total. The van der Waals surface area contributed by atoms with E-state index in [1.54, 1.807) is 0 Å². The van der Waals surface area contributed by atoms with Crippen molar-refractivity contribution in [3.8, 4) is 11.5 Å². The van der Waals surface area contributed by atoms with Gasteiger partial charge in [-0.15, -0.1) is 0 Å². The zero-order valence-corrected chi connectivity index (χ0v) is 13.2. The van der Waals surface area contributed by atoms with Crippen molar-refractivity contribution in [1.29, 1.82) is 0 Å². The highest BCUT2D eigenvalue weighted by Gasteiger charge is 2.17. The van der Waals surface area contributed by atoms with Crippen molar-refractivity contribution in [3.05, 3.63) is 18.2 Å². The summed E-state index contributed by atoms with van der Waals surface area (Å²) >= 11 is 0. The average Bonchev–Trinajstić information content (AvgIpc) is 2.41. The lowest BCUT2D eigenvalue weighted by atomic mass is 10.3. The quantitative estimate of drug-likeness (QED) is 0.515. The van der Waals surface area contributed by atoms with Gasteiger partial charge in [-0.1, -0.05) is 0 Å². The van der Waals surface area contributed by atoms with Crippen LogP contribution in [-0.4, -0.2) is 47.9 Å². The summed E-state index contributed by atoms with van der Waals surface area (Å²) in [4.78, 5) is -0.0352. The molecule has 0 saturated carbocycles. The molecule has 0 radical (unpaired) electrons. The largest absolute Gasteiger partial charge is 0.493 e. The van der Waals surface area contributed by atoms with Crippen LogP contribution < -0.4 is 14.2 Å². The second kappa shape index (κ2) is 7.07. The van der Waals surface area contributed by atoms with Crippen molar-refractivity contribution in [2.45, 2.75) is 11.3 Å². The Morgan fingerprint density at radius 2 is 1.71 bits per heavy atom. The van der Waals surface area contributed by atoms with E-state index in [-0.39, 0.29) is 23.6 Å². The minimum absolute atomic E-state index is 0.0352. The lowest BCUT2D eigenvalue weighted by Gasteiger charge is -2.10. The average molecular weight is 339 g/mol. The molecule has 0 aliphatic heterocycles. The Kier molecular flexibility index (Phi) is 5.96. The van der Waals surface area contributed by atoms with Crippen LogP contribution >= 0.6 is 0 Å². The molecule has 120 valence electrons. The lowest BCUT2D eigenvalue weighted by Crippen LogP contribution is -2.26. The zero-order valence-electron chi connectivity index (χ0n) is 11.6. The minimum atomic E-state index is -4.10. The SMILES string of the molecule is COc1ccc(S(=O)(=O)NCCCS(=O)(=O)O)cc1OC. The molecule has 0 aromatic heterocycles. The van der Waals surface area contributed by atoms with E-state index in [1.807, 2.05) is 0 Å². The molecule has 1 aromatic rings. The Morgan fingerprint density at radius 3 is 2.24 bits per heavy atom. The van der Waals surface area contributed by atoms with E-state index in [4.69, 9.17) is 14.0 Å². The smallest absolute Gasteiger partial charge is 0.264 e. The number of hydrogen-bond acceptors (Lipinski definition) is 6. The summed E-state index contributed by atoms with van der Waals surface area (Å²) in [5.41, 5.74) is 0. The first kappa shape index (κ1) is 17.7. The summed E-state index contributed by atoms with van der Waals surface area (Å²) in [6.07, 6.45) is -0.0364. The highest BCUT2D eigenvalue weighted by Crippen LogP contribution is 2.29. The van der Waals surface area contributed by atoms with E-state index >= 15 is 0 Å². The molecule has 0 bridgehead atoms. The molecule has 0 fully saturated rings. The lowest BCUT2D eigenvalue weighted by molar-refractivity contribution is 0.354. The summed E-state index contributed by atoms with van der Waals surface area (Å²) in [6.45, 7) is -0.115. The van der Waals surface area contributed by atoms with E-state index in [0.29, 0.717) is 5.75 Å². The third-order valence-electron chi connectivity index (χ3n) is 2.54. The fourth-order valence-corrected chi connectivity index (χ4v) is 3.13. The Morgan fingerprint density at radius 1 is 1.10 bits per heavy atom. The fraction of sp³-hybridized carbons (Fsp3) is 0.455. The first-order valence-corrected chi connectivity index (χ1v) is 8.95. The summed E-state index contributed by atoms with van der Waals surface area (Å²) < 4.78 is 65.9. The highest BCUT2D eigenvalue weighted by atomic mass is 32.2. The van der Waals surface area contributed by atoms with E-state index < -0.39 is 25.9 Å². The van der Waals surface area contributed by atoms with Crippen LogP contribution in [0.25, 0.3) is 0 Å². The molecule has 21 heavy (non-hydrogen) atoms. The van der Waals surface area contributed by atoms with E-state index in [2.05, 4.69) is 4.72 Å². The van der Waals surface area contributed by atoms with Gasteiger partial charge >= 0.3 is 0 Å². The van der Waals surface area contributed by atoms with Gasteiger partial charge in [0.05, 0.1) is 24.9 Å².